The lowest BCUT2D eigenvalue weighted by Gasteiger charge is -2.20. The molecule has 5 nitrogen and oxygen atoms in total. The summed E-state index contributed by atoms with van der Waals surface area (Å²) in [5.74, 6) is 0. The third kappa shape index (κ3) is 2.74. The molecule has 1 aromatic carbocycles. The van der Waals surface area contributed by atoms with E-state index in [0.717, 1.165) is 19.0 Å². The first-order valence-electron chi connectivity index (χ1n) is 7.01. The molecule has 108 valence electrons. The number of nitrogens with zero attached hydrogens (tertiary/aromatic N) is 2. The fourth-order valence-electron chi connectivity index (χ4n) is 3.03. The van der Waals surface area contributed by atoms with Crippen molar-refractivity contribution in [1.29, 1.82) is 0 Å². The van der Waals surface area contributed by atoms with Gasteiger partial charge in [-0.2, -0.15) is 0 Å². The van der Waals surface area contributed by atoms with Crippen LogP contribution in [0.5, 0.6) is 0 Å². The highest BCUT2D eigenvalue weighted by atomic mass is 35.5. The van der Waals surface area contributed by atoms with Gasteiger partial charge in [0.2, 0.25) is 0 Å². The Balaban J connectivity index is 1.71. The first-order valence-corrected chi connectivity index (χ1v) is 7.38. The van der Waals surface area contributed by atoms with E-state index in [0.29, 0.717) is 22.8 Å². The summed E-state index contributed by atoms with van der Waals surface area (Å²) >= 11 is 6.13. The molecule has 2 fully saturated rings. The van der Waals surface area contributed by atoms with Crippen molar-refractivity contribution in [2.24, 2.45) is 0 Å². The second-order valence-electron chi connectivity index (χ2n) is 5.78. The molecule has 0 radical (unpaired) electrons. The summed E-state index contributed by atoms with van der Waals surface area (Å²) in [5.41, 5.74) is 0.734. The third-order valence-electron chi connectivity index (χ3n) is 4.16. The predicted molar refractivity (Wildman–Crippen MR) is 79.3 cm³/mol. The SMILES string of the molecule is CC1CC(Nc2cc([N+](=O)[O-])ccc2Cl)CN1C1CC1. The van der Waals surface area contributed by atoms with E-state index in [1.807, 2.05) is 0 Å². The van der Waals surface area contributed by atoms with Gasteiger partial charge < -0.3 is 5.32 Å². The molecule has 3 rings (SSSR count). The van der Waals surface area contributed by atoms with Crippen LogP contribution in [-0.4, -0.2) is 34.5 Å². The van der Waals surface area contributed by atoms with E-state index in [2.05, 4.69) is 17.1 Å². The number of benzene rings is 1. The number of rotatable bonds is 4. The highest BCUT2D eigenvalue weighted by Crippen LogP contribution is 2.35. The molecule has 0 bridgehead atoms. The number of halogens is 1. The number of anilines is 1. The molecule has 1 saturated carbocycles. The standard InChI is InChI=1S/C14H18ClN3O2/c1-9-6-10(8-17(9)11-2-3-11)16-14-7-12(18(19)20)4-5-13(14)15/h4-5,7,9-11,16H,2-3,6,8H2,1H3. The van der Waals surface area contributed by atoms with Gasteiger partial charge in [0.15, 0.2) is 0 Å². The Bertz CT molecular complexity index is 533. The summed E-state index contributed by atoms with van der Waals surface area (Å²) in [6.07, 6.45) is 3.65. The number of hydrogen-bond acceptors (Lipinski definition) is 4. The van der Waals surface area contributed by atoms with Crippen molar-refractivity contribution in [3.05, 3.63) is 33.3 Å². The Labute approximate surface area is 123 Å². The second-order valence-corrected chi connectivity index (χ2v) is 6.18. The van der Waals surface area contributed by atoms with E-state index in [9.17, 15) is 10.1 Å². The quantitative estimate of drug-likeness (QED) is 0.684. The zero-order valence-corrected chi connectivity index (χ0v) is 12.1. The average molecular weight is 296 g/mol. The number of nitrogens with one attached hydrogen (secondary N) is 1. The van der Waals surface area contributed by atoms with Crippen molar-refractivity contribution in [2.45, 2.75) is 44.3 Å². The molecule has 0 amide bonds. The molecule has 1 aliphatic heterocycles. The van der Waals surface area contributed by atoms with E-state index in [-0.39, 0.29) is 5.69 Å². The molecule has 2 atom stereocenters. The van der Waals surface area contributed by atoms with Crippen LogP contribution in [0.2, 0.25) is 5.02 Å². The number of hydrogen-bond donors (Lipinski definition) is 1. The molecule has 1 aromatic rings. The zero-order chi connectivity index (χ0) is 14.3. The van der Waals surface area contributed by atoms with Crippen LogP contribution in [0.15, 0.2) is 18.2 Å². The Morgan fingerprint density at radius 3 is 2.85 bits per heavy atom. The molecule has 6 heteroatoms. The highest BCUT2D eigenvalue weighted by molar-refractivity contribution is 6.33. The van der Waals surface area contributed by atoms with Crippen LogP contribution in [0.1, 0.15) is 26.2 Å². The summed E-state index contributed by atoms with van der Waals surface area (Å²) in [4.78, 5) is 13.0. The van der Waals surface area contributed by atoms with E-state index in [1.165, 1.54) is 25.0 Å². The molecule has 1 saturated heterocycles. The summed E-state index contributed by atoms with van der Waals surface area (Å²) in [6.45, 7) is 3.24. The van der Waals surface area contributed by atoms with E-state index in [1.54, 1.807) is 6.07 Å². The topological polar surface area (TPSA) is 58.4 Å². The monoisotopic (exact) mass is 295 g/mol. The molecule has 1 N–H and O–H groups in total. The minimum Gasteiger partial charge on any atom is -0.380 e. The number of nitro benzene ring substituents is 1. The van der Waals surface area contributed by atoms with Crippen LogP contribution in [0.3, 0.4) is 0 Å². The molecule has 1 heterocycles. The average Bonchev–Trinajstić information content (AvgIpc) is 3.17. The summed E-state index contributed by atoms with van der Waals surface area (Å²) in [5, 5.41) is 14.7. The van der Waals surface area contributed by atoms with Gasteiger partial charge in [-0.25, -0.2) is 0 Å². The molecule has 1 aliphatic carbocycles. The minimum atomic E-state index is -0.394. The van der Waals surface area contributed by atoms with Crippen molar-refractivity contribution in [2.75, 3.05) is 11.9 Å². The normalized spacial score (nSPS) is 26.7. The lowest BCUT2D eigenvalue weighted by molar-refractivity contribution is -0.384. The first-order chi connectivity index (χ1) is 9.54. The second kappa shape index (κ2) is 5.22. The van der Waals surface area contributed by atoms with Crippen LogP contribution in [0.25, 0.3) is 0 Å². The van der Waals surface area contributed by atoms with Gasteiger partial charge >= 0.3 is 0 Å². The van der Waals surface area contributed by atoms with E-state index in [4.69, 9.17) is 11.6 Å². The summed E-state index contributed by atoms with van der Waals surface area (Å²) in [7, 11) is 0. The zero-order valence-electron chi connectivity index (χ0n) is 11.4. The van der Waals surface area contributed by atoms with Gasteiger partial charge in [0.25, 0.3) is 5.69 Å². The molecular formula is C14H18ClN3O2. The lowest BCUT2D eigenvalue weighted by Crippen LogP contribution is -2.31. The molecule has 2 unspecified atom stereocenters. The maximum absolute atomic E-state index is 10.8. The Kier molecular flexibility index (Phi) is 3.56. The van der Waals surface area contributed by atoms with Crippen LogP contribution < -0.4 is 5.32 Å². The van der Waals surface area contributed by atoms with Gasteiger partial charge in [-0.3, -0.25) is 15.0 Å². The molecular weight excluding hydrogens is 278 g/mol. The minimum absolute atomic E-state index is 0.0713. The van der Waals surface area contributed by atoms with Crippen LogP contribution in [0, 0.1) is 10.1 Å². The fraction of sp³-hybridized carbons (Fsp3) is 0.571. The highest BCUT2D eigenvalue weighted by Gasteiger charge is 2.38. The van der Waals surface area contributed by atoms with Gasteiger partial charge in [0, 0.05) is 36.8 Å². The van der Waals surface area contributed by atoms with Crippen molar-refractivity contribution in [3.8, 4) is 0 Å². The number of non-ortho nitro benzene ring substituents is 1. The molecule has 2 aliphatic rings. The maximum Gasteiger partial charge on any atom is 0.271 e. The van der Waals surface area contributed by atoms with Gasteiger partial charge in [-0.1, -0.05) is 11.6 Å². The van der Waals surface area contributed by atoms with Crippen molar-refractivity contribution in [3.63, 3.8) is 0 Å². The first kappa shape index (κ1) is 13.6. The van der Waals surface area contributed by atoms with Gasteiger partial charge in [-0.15, -0.1) is 0 Å². The largest absolute Gasteiger partial charge is 0.380 e. The number of likely N-dealkylation sites (tertiary alicyclic amines) is 1. The van der Waals surface area contributed by atoms with Crippen molar-refractivity contribution < 1.29 is 4.92 Å². The maximum atomic E-state index is 10.8. The van der Waals surface area contributed by atoms with Crippen LogP contribution in [0.4, 0.5) is 11.4 Å². The van der Waals surface area contributed by atoms with Crippen molar-refractivity contribution >= 4 is 23.0 Å². The van der Waals surface area contributed by atoms with Crippen LogP contribution >= 0.6 is 11.6 Å². The van der Waals surface area contributed by atoms with Crippen molar-refractivity contribution in [1.82, 2.24) is 4.90 Å². The molecule has 0 spiro atoms. The predicted octanol–water partition coefficient (Wildman–Crippen LogP) is 3.29. The fourth-order valence-corrected chi connectivity index (χ4v) is 3.21. The lowest BCUT2D eigenvalue weighted by atomic mass is 10.2. The Morgan fingerprint density at radius 1 is 1.45 bits per heavy atom. The van der Waals surface area contributed by atoms with Gasteiger partial charge in [0.05, 0.1) is 15.6 Å². The summed E-state index contributed by atoms with van der Waals surface area (Å²) in [6, 6.07) is 6.16. The Morgan fingerprint density at radius 2 is 2.20 bits per heavy atom. The van der Waals surface area contributed by atoms with E-state index < -0.39 is 4.92 Å². The van der Waals surface area contributed by atoms with E-state index >= 15 is 0 Å². The van der Waals surface area contributed by atoms with Gasteiger partial charge in [-0.05, 0) is 32.3 Å². The molecule has 20 heavy (non-hydrogen) atoms. The smallest absolute Gasteiger partial charge is 0.271 e. The van der Waals surface area contributed by atoms with Gasteiger partial charge in [0.1, 0.15) is 0 Å². The third-order valence-corrected chi connectivity index (χ3v) is 4.49. The summed E-state index contributed by atoms with van der Waals surface area (Å²) < 4.78 is 0. The Hall–Kier alpha value is -1.33. The van der Waals surface area contributed by atoms with Crippen LogP contribution in [-0.2, 0) is 0 Å². The molecule has 0 aromatic heterocycles. The number of nitro groups is 1.